The Hall–Kier alpha value is -1.41. The molecule has 0 aliphatic rings. The maximum atomic E-state index is 11.0. The number of aromatic amines is 1. The first-order valence-electron chi connectivity index (χ1n) is 3.66. The summed E-state index contributed by atoms with van der Waals surface area (Å²) in [5, 5.41) is 8.27. The molecule has 0 unspecified atom stereocenters. The molecule has 0 saturated heterocycles. The number of hydrogen-bond donors (Lipinski definition) is 3. The summed E-state index contributed by atoms with van der Waals surface area (Å²) >= 11 is 0. The van der Waals surface area contributed by atoms with Gasteiger partial charge in [-0.2, -0.15) is 0 Å². The van der Waals surface area contributed by atoms with E-state index in [1.165, 1.54) is 12.5 Å². The van der Waals surface area contributed by atoms with Gasteiger partial charge in [0.1, 0.15) is 0 Å². The smallest absolute Gasteiger partial charge is 0.320 e. The summed E-state index contributed by atoms with van der Waals surface area (Å²) < 4.78 is 24.1. The lowest BCUT2D eigenvalue weighted by atomic mass is 10.5. The van der Waals surface area contributed by atoms with Crippen LogP contribution in [0, 0.1) is 0 Å². The number of aromatic nitrogens is 2. The van der Waals surface area contributed by atoms with Crippen LogP contribution in [0.5, 0.6) is 0 Å². The average molecular weight is 219 g/mol. The highest BCUT2D eigenvalue weighted by Gasteiger charge is 2.14. The quantitative estimate of drug-likeness (QED) is 0.582. The lowest BCUT2D eigenvalue weighted by molar-refractivity contribution is -0.134. The van der Waals surface area contributed by atoms with Crippen molar-refractivity contribution in [2.24, 2.45) is 0 Å². The lowest BCUT2D eigenvalue weighted by Gasteiger charge is -2.01. The third kappa shape index (κ3) is 3.54. The Bertz CT molecular complexity index is 397. The van der Waals surface area contributed by atoms with E-state index in [0.717, 1.165) is 0 Å². The first kappa shape index (κ1) is 10.7. The Morgan fingerprint density at radius 1 is 1.64 bits per heavy atom. The molecular weight excluding hydrogens is 210 g/mol. The number of nitrogens with zero attached hydrogens (tertiary/aromatic N) is 1. The molecule has 1 aromatic heterocycles. The van der Waals surface area contributed by atoms with Crippen molar-refractivity contribution in [3.8, 4) is 0 Å². The highest BCUT2D eigenvalue weighted by molar-refractivity contribution is 7.90. The molecule has 0 bridgehead atoms. The van der Waals surface area contributed by atoms with Gasteiger partial charge < -0.3 is 10.1 Å². The van der Waals surface area contributed by atoms with Crippen LogP contribution in [0.2, 0.25) is 0 Å². The maximum absolute atomic E-state index is 11.0. The predicted octanol–water partition coefficient (Wildman–Crippen LogP) is -1.09. The molecule has 8 heteroatoms. The molecule has 14 heavy (non-hydrogen) atoms. The van der Waals surface area contributed by atoms with Crippen molar-refractivity contribution in [1.82, 2.24) is 14.7 Å². The third-order valence-electron chi connectivity index (χ3n) is 1.35. The third-order valence-corrected chi connectivity index (χ3v) is 2.56. The number of aliphatic carboxylic acids is 1. The number of H-pyrrole nitrogens is 1. The first-order chi connectivity index (χ1) is 6.49. The number of rotatable bonds is 5. The molecule has 0 fully saturated rings. The standard InChI is InChI=1S/C6H9N3O4S/c10-6(11)3-14(12,13)9-2-5-1-7-4-8-5/h1,4,9H,2-3H2,(H,7,8)(H,10,11). The Morgan fingerprint density at radius 2 is 2.36 bits per heavy atom. The number of carbonyl (C=O) groups is 1. The molecule has 0 aliphatic carbocycles. The zero-order chi connectivity index (χ0) is 10.6. The highest BCUT2D eigenvalue weighted by Crippen LogP contribution is 1.92. The molecule has 0 aliphatic heterocycles. The second kappa shape index (κ2) is 4.20. The molecule has 0 radical (unpaired) electrons. The first-order valence-corrected chi connectivity index (χ1v) is 5.31. The molecule has 78 valence electrons. The Balaban J connectivity index is 2.49. The van der Waals surface area contributed by atoms with Crippen LogP contribution < -0.4 is 4.72 Å². The van der Waals surface area contributed by atoms with Gasteiger partial charge in [-0.15, -0.1) is 0 Å². The number of carboxylic acids is 1. The fraction of sp³-hybridized carbons (Fsp3) is 0.333. The van der Waals surface area contributed by atoms with Gasteiger partial charge >= 0.3 is 5.97 Å². The summed E-state index contributed by atoms with van der Waals surface area (Å²) in [6.45, 7) is 0.00954. The molecule has 1 rings (SSSR count). The van der Waals surface area contributed by atoms with Crippen molar-refractivity contribution in [3.63, 3.8) is 0 Å². The van der Waals surface area contributed by atoms with Gasteiger partial charge in [-0.05, 0) is 0 Å². The molecule has 1 aromatic rings. The van der Waals surface area contributed by atoms with Gasteiger partial charge in [0.15, 0.2) is 5.75 Å². The SMILES string of the molecule is O=C(O)CS(=O)(=O)NCc1cnc[nH]1. The van der Waals surface area contributed by atoms with Crippen LogP contribution in [-0.4, -0.2) is 35.2 Å². The fourth-order valence-corrected chi connectivity index (χ4v) is 1.59. The number of sulfonamides is 1. The summed E-state index contributed by atoms with van der Waals surface area (Å²) in [5.74, 6) is -2.32. The lowest BCUT2D eigenvalue weighted by Crippen LogP contribution is -2.29. The average Bonchev–Trinajstić information content (AvgIpc) is 2.50. The van der Waals surface area contributed by atoms with Crippen LogP contribution in [0.15, 0.2) is 12.5 Å². The van der Waals surface area contributed by atoms with Gasteiger partial charge in [0.25, 0.3) is 0 Å². The summed E-state index contributed by atoms with van der Waals surface area (Å²) in [5.41, 5.74) is 0.568. The van der Waals surface area contributed by atoms with Gasteiger partial charge in [0.05, 0.1) is 12.9 Å². The van der Waals surface area contributed by atoms with Crippen LogP contribution >= 0.6 is 0 Å². The van der Waals surface area contributed by atoms with E-state index in [9.17, 15) is 13.2 Å². The van der Waals surface area contributed by atoms with Gasteiger partial charge in [-0.3, -0.25) is 4.79 Å². The molecule has 0 aromatic carbocycles. The molecular formula is C6H9N3O4S. The van der Waals surface area contributed by atoms with Crippen molar-refractivity contribution in [2.75, 3.05) is 5.75 Å². The normalized spacial score (nSPS) is 11.4. The van der Waals surface area contributed by atoms with Crippen molar-refractivity contribution in [2.45, 2.75) is 6.54 Å². The Kier molecular flexibility index (Phi) is 3.20. The zero-order valence-electron chi connectivity index (χ0n) is 7.10. The highest BCUT2D eigenvalue weighted by atomic mass is 32.2. The number of nitrogens with one attached hydrogen (secondary N) is 2. The molecule has 1 heterocycles. The summed E-state index contributed by atoms with van der Waals surface area (Å²) in [4.78, 5) is 16.5. The van der Waals surface area contributed by atoms with E-state index in [4.69, 9.17) is 5.11 Å². The number of imidazole rings is 1. The minimum Gasteiger partial charge on any atom is -0.480 e. The van der Waals surface area contributed by atoms with Crippen LogP contribution in [0.4, 0.5) is 0 Å². The van der Waals surface area contributed by atoms with Crippen molar-refractivity contribution < 1.29 is 18.3 Å². The van der Waals surface area contributed by atoms with Gasteiger partial charge in [-0.25, -0.2) is 18.1 Å². The van der Waals surface area contributed by atoms with Crippen molar-refractivity contribution in [3.05, 3.63) is 18.2 Å². The van der Waals surface area contributed by atoms with E-state index in [0.29, 0.717) is 5.69 Å². The van der Waals surface area contributed by atoms with E-state index < -0.39 is 21.7 Å². The minimum atomic E-state index is -3.75. The largest absolute Gasteiger partial charge is 0.480 e. The Labute approximate surface area is 80.2 Å². The van der Waals surface area contributed by atoms with Gasteiger partial charge in [0.2, 0.25) is 10.0 Å². The monoisotopic (exact) mass is 219 g/mol. The molecule has 0 spiro atoms. The number of carboxylic acid groups (broad SMARTS) is 1. The van der Waals surface area contributed by atoms with E-state index >= 15 is 0 Å². The topological polar surface area (TPSA) is 112 Å². The van der Waals surface area contributed by atoms with E-state index in [1.807, 2.05) is 0 Å². The molecule has 0 amide bonds. The predicted molar refractivity (Wildman–Crippen MR) is 46.9 cm³/mol. The van der Waals surface area contributed by atoms with Crippen LogP contribution in [-0.2, 0) is 21.4 Å². The fourth-order valence-electron chi connectivity index (χ4n) is 0.783. The van der Waals surface area contributed by atoms with Crippen molar-refractivity contribution in [1.29, 1.82) is 0 Å². The summed E-state index contributed by atoms with van der Waals surface area (Å²) in [6.07, 6.45) is 2.85. The van der Waals surface area contributed by atoms with Crippen LogP contribution in [0.25, 0.3) is 0 Å². The summed E-state index contributed by atoms with van der Waals surface area (Å²) in [7, 11) is -3.75. The second-order valence-corrected chi connectivity index (χ2v) is 4.36. The molecule has 0 atom stereocenters. The molecule has 7 nitrogen and oxygen atoms in total. The van der Waals surface area contributed by atoms with Crippen LogP contribution in [0.1, 0.15) is 5.69 Å². The van der Waals surface area contributed by atoms with E-state index in [2.05, 4.69) is 14.7 Å². The van der Waals surface area contributed by atoms with Crippen LogP contribution in [0.3, 0.4) is 0 Å². The molecule has 0 saturated carbocycles. The minimum absolute atomic E-state index is 0.00954. The molecule has 3 N–H and O–H groups in total. The van der Waals surface area contributed by atoms with E-state index in [-0.39, 0.29) is 6.54 Å². The Morgan fingerprint density at radius 3 is 2.86 bits per heavy atom. The zero-order valence-corrected chi connectivity index (χ0v) is 7.91. The maximum Gasteiger partial charge on any atom is 0.320 e. The van der Waals surface area contributed by atoms with Crippen molar-refractivity contribution >= 4 is 16.0 Å². The van der Waals surface area contributed by atoms with E-state index in [1.54, 1.807) is 0 Å². The number of hydrogen-bond acceptors (Lipinski definition) is 4. The summed E-state index contributed by atoms with van der Waals surface area (Å²) in [6, 6.07) is 0. The second-order valence-electron chi connectivity index (χ2n) is 2.55. The van der Waals surface area contributed by atoms with Gasteiger partial charge in [-0.1, -0.05) is 0 Å². The van der Waals surface area contributed by atoms with Gasteiger partial charge in [0, 0.05) is 11.9 Å².